The summed E-state index contributed by atoms with van der Waals surface area (Å²) in [5.41, 5.74) is -0.952. The van der Waals surface area contributed by atoms with Crippen LogP contribution in [0, 0.1) is 5.92 Å². The lowest BCUT2D eigenvalue weighted by Gasteiger charge is -2.36. The normalized spacial score (nSPS) is 13.5. The van der Waals surface area contributed by atoms with E-state index in [2.05, 4.69) is 36.7 Å². The molecule has 1 aromatic carbocycles. The highest BCUT2D eigenvalue weighted by atomic mass is 79.9. The molecule has 0 radical (unpaired) electrons. The first-order valence-corrected chi connectivity index (χ1v) is 10.9. The molecule has 0 N–H and O–H groups in total. The second-order valence-corrected chi connectivity index (χ2v) is 8.05. The van der Waals surface area contributed by atoms with Crippen molar-refractivity contribution in [2.24, 2.45) is 5.92 Å². The number of hydrogen-bond donors (Lipinski definition) is 0. The van der Waals surface area contributed by atoms with Crippen LogP contribution >= 0.6 is 15.9 Å². The third kappa shape index (κ3) is 7.30. The summed E-state index contributed by atoms with van der Waals surface area (Å²) >= 11 is 3.45. The minimum atomic E-state index is -0.952. The van der Waals surface area contributed by atoms with E-state index >= 15 is 0 Å². The van der Waals surface area contributed by atoms with Crippen molar-refractivity contribution < 1.29 is 14.3 Å². The summed E-state index contributed by atoms with van der Waals surface area (Å²) in [6.45, 7) is 8.84. The molecule has 0 amide bonds. The first-order valence-electron chi connectivity index (χ1n) is 10.1. The molecule has 0 spiro atoms. The van der Waals surface area contributed by atoms with Gasteiger partial charge in [0.25, 0.3) is 0 Å². The quantitative estimate of drug-likeness (QED) is 0.253. The SMILES string of the molecule is CCCCOC(=O)C(C)(Oc1ccc(Br)cc1)C(CCCC)CCCC. The third-order valence-electron chi connectivity index (χ3n) is 4.87. The highest BCUT2D eigenvalue weighted by Gasteiger charge is 2.44. The maximum absolute atomic E-state index is 13.0. The zero-order valence-electron chi connectivity index (χ0n) is 16.9. The topological polar surface area (TPSA) is 35.5 Å². The van der Waals surface area contributed by atoms with Crippen molar-refractivity contribution in [3.05, 3.63) is 28.7 Å². The van der Waals surface area contributed by atoms with Crippen molar-refractivity contribution in [1.29, 1.82) is 0 Å². The first kappa shape index (κ1) is 23.0. The van der Waals surface area contributed by atoms with E-state index < -0.39 is 5.60 Å². The Morgan fingerprint density at radius 1 is 1.00 bits per heavy atom. The Kier molecular flexibility index (Phi) is 11.0. The number of esters is 1. The van der Waals surface area contributed by atoms with E-state index in [4.69, 9.17) is 9.47 Å². The molecule has 0 saturated heterocycles. The Hall–Kier alpha value is -1.03. The van der Waals surface area contributed by atoms with Gasteiger partial charge in [0.05, 0.1) is 6.61 Å². The zero-order chi connectivity index (χ0) is 19.4. The molecule has 0 bridgehead atoms. The van der Waals surface area contributed by atoms with Crippen molar-refractivity contribution in [2.45, 2.75) is 84.7 Å². The predicted molar refractivity (Wildman–Crippen MR) is 112 cm³/mol. The van der Waals surface area contributed by atoms with Crippen LogP contribution in [-0.2, 0) is 9.53 Å². The fourth-order valence-electron chi connectivity index (χ4n) is 3.09. The molecule has 0 heterocycles. The minimum Gasteiger partial charge on any atom is -0.476 e. The number of benzene rings is 1. The lowest BCUT2D eigenvalue weighted by atomic mass is 9.81. The number of rotatable bonds is 13. The molecule has 3 nitrogen and oxygen atoms in total. The maximum atomic E-state index is 13.0. The summed E-state index contributed by atoms with van der Waals surface area (Å²) in [7, 11) is 0. The second kappa shape index (κ2) is 12.4. The molecule has 0 aromatic heterocycles. The number of ether oxygens (including phenoxy) is 2. The Morgan fingerprint density at radius 2 is 1.54 bits per heavy atom. The molecule has 0 aliphatic rings. The van der Waals surface area contributed by atoms with Crippen LogP contribution in [0.1, 0.15) is 79.1 Å². The van der Waals surface area contributed by atoms with E-state index in [1.165, 1.54) is 0 Å². The molecule has 148 valence electrons. The van der Waals surface area contributed by atoms with E-state index in [0.717, 1.165) is 55.8 Å². The molecule has 1 aromatic rings. The van der Waals surface area contributed by atoms with E-state index in [9.17, 15) is 4.79 Å². The van der Waals surface area contributed by atoms with Crippen LogP contribution in [0.3, 0.4) is 0 Å². The first-order chi connectivity index (χ1) is 12.5. The zero-order valence-corrected chi connectivity index (χ0v) is 18.4. The fraction of sp³-hybridized carbons (Fsp3) is 0.682. The standard InChI is InChI=1S/C22H35BrO3/c1-5-8-11-18(12-9-6-2)22(4,21(24)25-17-10-7-3)26-20-15-13-19(23)14-16-20/h13-16,18H,5-12,17H2,1-4H3. The predicted octanol–water partition coefficient (Wildman–Crippen LogP) is 6.93. The number of carbonyl (C=O) groups excluding carboxylic acids is 1. The van der Waals surface area contributed by atoms with Crippen molar-refractivity contribution in [3.8, 4) is 5.75 Å². The summed E-state index contributed by atoms with van der Waals surface area (Å²) in [6, 6.07) is 7.67. The molecule has 1 rings (SSSR count). The van der Waals surface area contributed by atoms with Crippen LogP contribution in [0.2, 0.25) is 0 Å². The third-order valence-corrected chi connectivity index (χ3v) is 5.40. The summed E-state index contributed by atoms with van der Waals surface area (Å²) in [5, 5.41) is 0. The summed E-state index contributed by atoms with van der Waals surface area (Å²) in [5.74, 6) is 0.632. The molecule has 0 fully saturated rings. The van der Waals surface area contributed by atoms with Gasteiger partial charge in [0.15, 0.2) is 0 Å². The van der Waals surface area contributed by atoms with Gasteiger partial charge in [-0.25, -0.2) is 4.79 Å². The average Bonchev–Trinajstić information content (AvgIpc) is 2.63. The van der Waals surface area contributed by atoms with Crippen molar-refractivity contribution in [3.63, 3.8) is 0 Å². The number of carbonyl (C=O) groups is 1. The van der Waals surface area contributed by atoms with Gasteiger partial charge >= 0.3 is 5.97 Å². The molecule has 0 saturated carbocycles. The fourth-order valence-corrected chi connectivity index (χ4v) is 3.35. The Morgan fingerprint density at radius 3 is 2.04 bits per heavy atom. The number of halogens is 1. The number of unbranched alkanes of at least 4 members (excludes halogenated alkanes) is 3. The molecule has 26 heavy (non-hydrogen) atoms. The molecule has 4 heteroatoms. The van der Waals surface area contributed by atoms with Crippen LogP contribution in [0.15, 0.2) is 28.7 Å². The van der Waals surface area contributed by atoms with Crippen LogP contribution < -0.4 is 4.74 Å². The Bertz CT molecular complexity index is 507. The largest absolute Gasteiger partial charge is 0.476 e. The van der Waals surface area contributed by atoms with Crippen molar-refractivity contribution >= 4 is 21.9 Å². The summed E-state index contributed by atoms with van der Waals surface area (Å²) < 4.78 is 12.9. The monoisotopic (exact) mass is 426 g/mol. The molecule has 0 aliphatic carbocycles. The van der Waals surface area contributed by atoms with Gasteiger partial charge in [-0.05, 0) is 50.5 Å². The van der Waals surface area contributed by atoms with Crippen LogP contribution in [-0.4, -0.2) is 18.2 Å². The molecular formula is C22H35BrO3. The average molecular weight is 427 g/mol. The van der Waals surface area contributed by atoms with E-state index in [0.29, 0.717) is 12.4 Å². The van der Waals surface area contributed by atoms with Gasteiger partial charge < -0.3 is 9.47 Å². The van der Waals surface area contributed by atoms with Gasteiger partial charge in [-0.15, -0.1) is 0 Å². The summed E-state index contributed by atoms with van der Waals surface area (Å²) in [6.07, 6.45) is 8.26. The van der Waals surface area contributed by atoms with Gasteiger partial charge in [0, 0.05) is 10.4 Å². The number of hydrogen-bond acceptors (Lipinski definition) is 3. The maximum Gasteiger partial charge on any atom is 0.350 e. The lowest BCUT2D eigenvalue weighted by Crippen LogP contribution is -2.49. The van der Waals surface area contributed by atoms with Gasteiger partial charge in [-0.3, -0.25) is 0 Å². The molecular weight excluding hydrogens is 392 g/mol. The van der Waals surface area contributed by atoms with Crippen LogP contribution in [0.25, 0.3) is 0 Å². The molecule has 1 atom stereocenters. The van der Waals surface area contributed by atoms with Gasteiger partial charge in [-0.1, -0.05) is 68.8 Å². The van der Waals surface area contributed by atoms with Gasteiger partial charge in [0.2, 0.25) is 5.60 Å². The molecule has 0 aliphatic heterocycles. The van der Waals surface area contributed by atoms with E-state index in [1.54, 1.807) is 0 Å². The minimum absolute atomic E-state index is 0.153. The highest BCUT2D eigenvalue weighted by Crippen LogP contribution is 2.34. The van der Waals surface area contributed by atoms with Crippen LogP contribution in [0.4, 0.5) is 0 Å². The van der Waals surface area contributed by atoms with E-state index in [-0.39, 0.29) is 11.9 Å². The Labute approximate surface area is 168 Å². The Balaban J connectivity index is 3.05. The van der Waals surface area contributed by atoms with E-state index in [1.807, 2.05) is 31.2 Å². The smallest absolute Gasteiger partial charge is 0.350 e. The van der Waals surface area contributed by atoms with Crippen molar-refractivity contribution in [1.82, 2.24) is 0 Å². The summed E-state index contributed by atoms with van der Waals surface area (Å²) in [4.78, 5) is 13.0. The lowest BCUT2D eigenvalue weighted by molar-refractivity contribution is -0.166. The van der Waals surface area contributed by atoms with Crippen LogP contribution in [0.5, 0.6) is 5.75 Å². The highest BCUT2D eigenvalue weighted by molar-refractivity contribution is 9.10. The van der Waals surface area contributed by atoms with Crippen molar-refractivity contribution in [2.75, 3.05) is 6.61 Å². The van der Waals surface area contributed by atoms with Gasteiger partial charge in [-0.2, -0.15) is 0 Å². The second-order valence-electron chi connectivity index (χ2n) is 7.13. The van der Waals surface area contributed by atoms with Gasteiger partial charge in [0.1, 0.15) is 5.75 Å². The molecule has 1 unspecified atom stereocenters.